The maximum atomic E-state index is 11.5. The molecule has 2 aromatic carbocycles. The maximum absolute atomic E-state index is 11.5. The Morgan fingerprint density at radius 1 is 1.07 bits per heavy atom. The first-order valence-corrected chi connectivity index (χ1v) is 9.86. The van der Waals surface area contributed by atoms with E-state index in [0.717, 1.165) is 5.69 Å². The number of nitro benzene ring substituents is 1. The van der Waals surface area contributed by atoms with Gasteiger partial charge in [0.1, 0.15) is 0 Å². The Bertz CT molecular complexity index is 1200. The van der Waals surface area contributed by atoms with Crippen molar-refractivity contribution in [2.24, 2.45) is 0 Å². The highest BCUT2D eigenvalue weighted by atomic mass is 16.6. The first-order valence-electron chi connectivity index (χ1n) is 9.86. The Hall–Kier alpha value is -3.67. The number of anilines is 1. The van der Waals surface area contributed by atoms with Crippen LogP contribution in [0, 0.1) is 10.1 Å². The fourth-order valence-corrected chi connectivity index (χ4v) is 4.71. The predicted molar refractivity (Wildman–Crippen MR) is 115 cm³/mol. The SMILES string of the molecule is CN1c2ccccc2C(C)(C)C12C=Cc1cc([N+](=O)[O-])cc(-[n+]3ccccc3)c1O2. The normalized spacial score (nSPS) is 20.6. The smallest absolute Gasteiger partial charge is 0.276 e. The Balaban J connectivity index is 1.73. The molecule has 0 fully saturated rings. The molecule has 3 aromatic rings. The van der Waals surface area contributed by atoms with E-state index in [1.807, 2.05) is 66.5 Å². The zero-order valence-corrected chi connectivity index (χ0v) is 17.1. The van der Waals surface area contributed by atoms with Gasteiger partial charge in [-0.05, 0) is 37.6 Å². The third-order valence-corrected chi connectivity index (χ3v) is 6.37. The van der Waals surface area contributed by atoms with Gasteiger partial charge in [0.05, 0.1) is 16.4 Å². The fourth-order valence-electron chi connectivity index (χ4n) is 4.71. The van der Waals surface area contributed by atoms with E-state index in [9.17, 15) is 10.1 Å². The molecule has 1 atom stereocenters. The Kier molecular flexibility index (Phi) is 3.77. The number of para-hydroxylation sites is 1. The second-order valence-electron chi connectivity index (χ2n) is 8.26. The monoisotopic (exact) mass is 400 g/mol. The molecule has 5 rings (SSSR count). The molecule has 3 heterocycles. The number of hydrogen-bond donors (Lipinski definition) is 0. The van der Waals surface area contributed by atoms with E-state index in [1.165, 1.54) is 5.56 Å². The predicted octanol–water partition coefficient (Wildman–Crippen LogP) is 4.40. The third kappa shape index (κ3) is 2.33. The van der Waals surface area contributed by atoms with Crippen LogP contribution in [0.15, 0.2) is 73.1 Å². The van der Waals surface area contributed by atoms with Gasteiger partial charge in [0.15, 0.2) is 12.4 Å². The van der Waals surface area contributed by atoms with Crippen molar-refractivity contribution in [1.29, 1.82) is 0 Å². The van der Waals surface area contributed by atoms with Crippen LogP contribution in [0.5, 0.6) is 5.75 Å². The van der Waals surface area contributed by atoms with Crippen LogP contribution in [0.25, 0.3) is 11.8 Å². The lowest BCUT2D eigenvalue weighted by Gasteiger charge is -2.45. The molecule has 0 saturated heterocycles. The molecule has 0 bridgehead atoms. The number of fused-ring (bicyclic) bond motifs is 2. The Morgan fingerprint density at radius 3 is 2.50 bits per heavy atom. The molecule has 30 heavy (non-hydrogen) atoms. The fraction of sp³-hybridized carbons (Fsp3) is 0.208. The molecule has 0 saturated carbocycles. The number of non-ortho nitro benzene ring substituents is 1. The summed E-state index contributed by atoms with van der Waals surface area (Å²) in [4.78, 5) is 13.3. The van der Waals surface area contributed by atoms with Gasteiger partial charge in [-0.25, -0.2) is 0 Å². The van der Waals surface area contributed by atoms with Gasteiger partial charge in [-0.1, -0.05) is 24.3 Å². The number of benzene rings is 2. The van der Waals surface area contributed by atoms with E-state index < -0.39 is 5.72 Å². The molecular formula is C24H22N3O3+. The van der Waals surface area contributed by atoms with Gasteiger partial charge in [0.2, 0.25) is 11.5 Å². The van der Waals surface area contributed by atoms with Gasteiger partial charge >= 0.3 is 0 Å². The quantitative estimate of drug-likeness (QED) is 0.363. The van der Waals surface area contributed by atoms with Crippen molar-refractivity contribution in [2.45, 2.75) is 25.0 Å². The summed E-state index contributed by atoms with van der Waals surface area (Å²) in [5.74, 6) is 0.632. The molecule has 150 valence electrons. The second-order valence-corrected chi connectivity index (χ2v) is 8.26. The number of pyridine rings is 1. The molecule has 2 aliphatic rings. The molecule has 0 aliphatic carbocycles. The largest absolute Gasteiger partial charge is 0.456 e. The zero-order valence-electron chi connectivity index (χ0n) is 17.1. The molecule has 2 aliphatic heterocycles. The van der Waals surface area contributed by atoms with Crippen molar-refractivity contribution in [1.82, 2.24) is 0 Å². The minimum absolute atomic E-state index is 0.0339. The van der Waals surface area contributed by atoms with Crippen LogP contribution in [0.2, 0.25) is 0 Å². The van der Waals surface area contributed by atoms with Crippen LogP contribution >= 0.6 is 0 Å². The molecule has 1 spiro atoms. The molecule has 0 N–H and O–H groups in total. The second kappa shape index (κ2) is 6.16. The van der Waals surface area contributed by atoms with Gasteiger partial charge in [-0.2, -0.15) is 4.57 Å². The molecule has 1 aromatic heterocycles. The third-order valence-electron chi connectivity index (χ3n) is 6.37. The summed E-state index contributed by atoms with van der Waals surface area (Å²) in [6.45, 7) is 4.34. The standard InChI is InChI=1S/C24H22N3O3/c1-23(2)19-9-5-6-10-20(19)25(3)24(23)12-11-17-15-18(27(28)29)16-21(22(17)30-24)26-13-7-4-8-14-26/h4-16H,1-3H3/q+1. The van der Waals surface area contributed by atoms with Crippen molar-refractivity contribution >= 4 is 17.5 Å². The van der Waals surface area contributed by atoms with Gasteiger partial charge in [0, 0.05) is 36.5 Å². The first kappa shape index (κ1) is 18.4. The van der Waals surface area contributed by atoms with Crippen molar-refractivity contribution in [3.63, 3.8) is 0 Å². The van der Waals surface area contributed by atoms with Gasteiger partial charge in [0.25, 0.3) is 11.4 Å². The summed E-state index contributed by atoms with van der Waals surface area (Å²) in [7, 11) is 2.03. The van der Waals surface area contributed by atoms with E-state index in [4.69, 9.17) is 4.74 Å². The zero-order chi connectivity index (χ0) is 21.1. The first-order chi connectivity index (χ1) is 14.3. The van der Waals surface area contributed by atoms with Crippen LogP contribution < -0.4 is 14.2 Å². The lowest BCUT2D eigenvalue weighted by Crippen LogP contribution is -2.58. The number of nitro groups is 1. The number of ether oxygens (including phenoxy) is 1. The molecule has 1 unspecified atom stereocenters. The lowest BCUT2D eigenvalue weighted by atomic mass is 9.76. The van der Waals surface area contributed by atoms with E-state index in [2.05, 4.69) is 30.9 Å². The van der Waals surface area contributed by atoms with Crippen molar-refractivity contribution in [2.75, 3.05) is 11.9 Å². The highest BCUT2D eigenvalue weighted by Crippen LogP contribution is 2.54. The van der Waals surface area contributed by atoms with Gasteiger partial charge in [-0.15, -0.1) is 0 Å². The highest BCUT2D eigenvalue weighted by molar-refractivity contribution is 5.75. The van der Waals surface area contributed by atoms with Crippen LogP contribution in [-0.4, -0.2) is 17.7 Å². The van der Waals surface area contributed by atoms with Gasteiger partial charge in [-0.3, -0.25) is 10.1 Å². The number of rotatable bonds is 2. The average molecular weight is 400 g/mol. The summed E-state index contributed by atoms with van der Waals surface area (Å²) >= 11 is 0. The molecule has 6 nitrogen and oxygen atoms in total. The average Bonchev–Trinajstić information content (AvgIpc) is 2.92. The summed E-state index contributed by atoms with van der Waals surface area (Å²) < 4.78 is 8.66. The minimum atomic E-state index is -0.746. The Labute approximate surface area is 174 Å². The molecule has 6 heteroatoms. The molecular weight excluding hydrogens is 378 g/mol. The van der Waals surface area contributed by atoms with Crippen molar-refractivity contribution < 1.29 is 14.2 Å². The van der Waals surface area contributed by atoms with Crippen molar-refractivity contribution in [3.05, 3.63) is 94.3 Å². The van der Waals surface area contributed by atoms with Crippen LogP contribution in [-0.2, 0) is 5.41 Å². The summed E-state index contributed by atoms with van der Waals surface area (Å²) in [6.07, 6.45) is 7.71. The molecule has 0 radical (unpaired) electrons. The van der Waals surface area contributed by atoms with Crippen LogP contribution in [0.1, 0.15) is 25.0 Å². The number of aromatic nitrogens is 1. The lowest BCUT2D eigenvalue weighted by molar-refractivity contribution is -0.596. The number of nitrogens with zero attached hydrogens (tertiary/aromatic N) is 3. The maximum Gasteiger partial charge on any atom is 0.276 e. The van der Waals surface area contributed by atoms with Crippen LogP contribution in [0.3, 0.4) is 0 Å². The highest BCUT2D eigenvalue weighted by Gasteiger charge is 2.58. The van der Waals surface area contributed by atoms with Crippen molar-refractivity contribution in [3.8, 4) is 11.4 Å². The van der Waals surface area contributed by atoms with Crippen LogP contribution in [0.4, 0.5) is 11.4 Å². The van der Waals surface area contributed by atoms with Gasteiger partial charge < -0.3 is 9.64 Å². The van der Waals surface area contributed by atoms with E-state index in [1.54, 1.807) is 12.1 Å². The van der Waals surface area contributed by atoms with E-state index in [-0.39, 0.29) is 16.0 Å². The minimum Gasteiger partial charge on any atom is -0.456 e. The van der Waals surface area contributed by atoms with E-state index in [0.29, 0.717) is 17.0 Å². The summed E-state index contributed by atoms with van der Waals surface area (Å²) in [6, 6.07) is 17.1. The number of hydrogen-bond acceptors (Lipinski definition) is 4. The van der Waals surface area contributed by atoms with E-state index >= 15 is 0 Å². The Morgan fingerprint density at radius 2 is 1.80 bits per heavy atom. The topological polar surface area (TPSA) is 59.5 Å². The number of likely N-dealkylation sites (N-methyl/N-ethyl adjacent to an activating group) is 1. The molecule has 0 amide bonds. The summed E-state index contributed by atoms with van der Waals surface area (Å²) in [5, 5.41) is 11.5. The summed E-state index contributed by atoms with van der Waals surface area (Å²) in [5.41, 5.74) is 2.61.